The number of benzene rings is 2. The number of nitrogens with zero attached hydrogens (tertiary/aromatic N) is 1. The van der Waals surface area contributed by atoms with E-state index in [4.69, 9.17) is 0 Å². The smallest absolute Gasteiger partial charge is 0.265 e. The molecule has 0 amide bonds. The highest BCUT2D eigenvalue weighted by Gasteiger charge is 2.36. The van der Waals surface area contributed by atoms with Gasteiger partial charge in [0.25, 0.3) is 10.0 Å². The van der Waals surface area contributed by atoms with Crippen molar-refractivity contribution in [2.75, 3.05) is 10.8 Å². The Balaban J connectivity index is 1.81. The highest BCUT2D eigenvalue weighted by molar-refractivity contribution is 7.93. The van der Waals surface area contributed by atoms with Crippen molar-refractivity contribution >= 4 is 26.5 Å². The van der Waals surface area contributed by atoms with Gasteiger partial charge in [0.2, 0.25) is 0 Å². The van der Waals surface area contributed by atoms with Gasteiger partial charge in [-0.05, 0) is 36.3 Å². The summed E-state index contributed by atoms with van der Waals surface area (Å²) in [6, 6.07) is 11.4. The average molecular weight is 301 g/mol. The van der Waals surface area contributed by atoms with E-state index in [1.807, 2.05) is 30.3 Å². The quantitative estimate of drug-likeness (QED) is 0.843. The van der Waals surface area contributed by atoms with Gasteiger partial charge in [-0.25, -0.2) is 8.42 Å². The molecule has 0 radical (unpaired) electrons. The molecule has 0 bridgehead atoms. The van der Waals surface area contributed by atoms with Crippen LogP contribution >= 0.6 is 0 Å². The first-order valence-electron chi connectivity index (χ1n) is 7.72. The largest absolute Gasteiger partial charge is 0.265 e. The molecule has 0 atom stereocenters. The first-order valence-corrected chi connectivity index (χ1v) is 9.16. The number of anilines is 1. The summed E-state index contributed by atoms with van der Waals surface area (Å²) in [5, 5.41) is 1.91. The van der Waals surface area contributed by atoms with Crippen LogP contribution in [0.2, 0.25) is 0 Å². The Hall–Kier alpha value is -1.55. The average Bonchev–Trinajstić information content (AvgIpc) is 2.72. The lowest BCUT2D eigenvalue weighted by molar-refractivity contribution is 0.366. The molecule has 110 valence electrons. The van der Waals surface area contributed by atoms with E-state index in [9.17, 15) is 8.42 Å². The van der Waals surface area contributed by atoms with Crippen molar-refractivity contribution in [1.82, 2.24) is 0 Å². The van der Waals surface area contributed by atoms with Gasteiger partial charge in [0.05, 0.1) is 10.6 Å². The summed E-state index contributed by atoms with van der Waals surface area (Å²) in [7, 11) is -3.36. The van der Waals surface area contributed by atoms with E-state index in [0.717, 1.165) is 29.3 Å². The van der Waals surface area contributed by atoms with Gasteiger partial charge in [-0.2, -0.15) is 0 Å². The molecule has 4 heteroatoms. The summed E-state index contributed by atoms with van der Waals surface area (Å²) >= 11 is 0. The lowest BCUT2D eigenvalue weighted by atomic mass is 9.89. The van der Waals surface area contributed by atoms with Crippen LogP contribution in [0.25, 0.3) is 10.8 Å². The molecule has 21 heavy (non-hydrogen) atoms. The molecule has 0 spiro atoms. The summed E-state index contributed by atoms with van der Waals surface area (Å²) in [5.74, 6) is 0.498. The van der Waals surface area contributed by atoms with Crippen LogP contribution in [-0.2, 0) is 10.0 Å². The number of hydrogen-bond acceptors (Lipinski definition) is 2. The van der Waals surface area contributed by atoms with Gasteiger partial charge in [-0.3, -0.25) is 4.31 Å². The molecule has 0 saturated heterocycles. The van der Waals surface area contributed by atoms with Gasteiger partial charge in [0.15, 0.2) is 0 Å². The highest BCUT2D eigenvalue weighted by atomic mass is 32.2. The number of sulfonamides is 1. The number of rotatable bonds is 2. The molecule has 1 aliphatic carbocycles. The van der Waals surface area contributed by atoms with Gasteiger partial charge < -0.3 is 0 Å². The molecule has 3 nitrogen and oxygen atoms in total. The van der Waals surface area contributed by atoms with Crippen LogP contribution < -0.4 is 4.31 Å². The number of hydrogen-bond donors (Lipinski definition) is 0. The van der Waals surface area contributed by atoms with Crippen LogP contribution in [0.15, 0.2) is 41.3 Å². The molecule has 0 unspecified atom stereocenters. The van der Waals surface area contributed by atoms with Crippen molar-refractivity contribution < 1.29 is 8.42 Å². The van der Waals surface area contributed by atoms with E-state index < -0.39 is 10.0 Å². The van der Waals surface area contributed by atoms with Gasteiger partial charge in [0, 0.05) is 11.9 Å². The van der Waals surface area contributed by atoms with Crippen molar-refractivity contribution in [3.8, 4) is 0 Å². The van der Waals surface area contributed by atoms with Crippen molar-refractivity contribution in [3.05, 3.63) is 36.4 Å². The Morgan fingerprint density at radius 1 is 1.00 bits per heavy atom. The SMILES string of the molecule is O=S1(=O)c2cccc3cccc(c23)N1CC1CCCCC1. The first-order chi connectivity index (χ1) is 10.2. The van der Waals surface area contributed by atoms with Gasteiger partial charge >= 0.3 is 0 Å². The minimum atomic E-state index is -3.36. The maximum atomic E-state index is 12.9. The van der Waals surface area contributed by atoms with E-state index >= 15 is 0 Å². The Kier molecular flexibility index (Phi) is 2.96. The monoisotopic (exact) mass is 301 g/mol. The highest BCUT2D eigenvalue weighted by Crippen LogP contribution is 2.43. The zero-order valence-electron chi connectivity index (χ0n) is 12.0. The molecule has 1 aliphatic heterocycles. The minimum absolute atomic E-state index is 0.478. The lowest BCUT2D eigenvalue weighted by Crippen LogP contribution is -2.33. The molecule has 4 rings (SSSR count). The molecule has 0 N–H and O–H groups in total. The van der Waals surface area contributed by atoms with Crippen LogP contribution in [0.3, 0.4) is 0 Å². The van der Waals surface area contributed by atoms with Crippen molar-refractivity contribution in [1.29, 1.82) is 0 Å². The second-order valence-electron chi connectivity index (χ2n) is 6.17. The van der Waals surface area contributed by atoms with Crippen molar-refractivity contribution in [3.63, 3.8) is 0 Å². The van der Waals surface area contributed by atoms with Crippen LogP contribution in [0.4, 0.5) is 5.69 Å². The van der Waals surface area contributed by atoms with E-state index in [0.29, 0.717) is 17.4 Å². The molecular formula is C17H19NO2S. The zero-order valence-corrected chi connectivity index (χ0v) is 12.8. The summed E-state index contributed by atoms with van der Waals surface area (Å²) in [4.78, 5) is 0.478. The predicted molar refractivity (Wildman–Crippen MR) is 85.1 cm³/mol. The lowest BCUT2D eigenvalue weighted by Gasteiger charge is -2.27. The summed E-state index contributed by atoms with van der Waals surface area (Å²) in [5.41, 5.74) is 0.869. The molecule has 2 aromatic rings. The van der Waals surface area contributed by atoms with E-state index in [2.05, 4.69) is 0 Å². The fraction of sp³-hybridized carbons (Fsp3) is 0.412. The minimum Gasteiger partial charge on any atom is -0.265 e. The molecule has 2 aromatic carbocycles. The topological polar surface area (TPSA) is 37.4 Å². The maximum Gasteiger partial charge on any atom is 0.265 e. The third-order valence-electron chi connectivity index (χ3n) is 4.83. The van der Waals surface area contributed by atoms with E-state index in [-0.39, 0.29) is 0 Å². The van der Waals surface area contributed by atoms with Gasteiger partial charge in [-0.15, -0.1) is 0 Å². The Morgan fingerprint density at radius 2 is 1.71 bits per heavy atom. The fourth-order valence-electron chi connectivity index (χ4n) is 3.76. The molecular weight excluding hydrogens is 282 g/mol. The molecule has 2 aliphatic rings. The Bertz CT molecular complexity index is 786. The Morgan fingerprint density at radius 3 is 2.48 bits per heavy atom. The summed E-state index contributed by atoms with van der Waals surface area (Å²) < 4.78 is 27.4. The first kappa shape index (κ1) is 13.1. The third-order valence-corrected chi connectivity index (χ3v) is 6.65. The fourth-order valence-corrected chi connectivity index (χ4v) is 5.55. The van der Waals surface area contributed by atoms with Gasteiger partial charge in [-0.1, -0.05) is 43.5 Å². The molecule has 0 aromatic heterocycles. The van der Waals surface area contributed by atoms with E-state index in [1.165, 1.54) is 19.3 Å². The summed E-state index contributed by atoms with van der Waals surface area (Å²) in [6.07, 6.45) is 6.06. The van der Waals surface area contributed by atoms with Crippen LogP contribution in [0, 0.1) is 5.92 Å². The molecule has 1 fully saturated rings. The molecule has 1 heterocycles. The standard InChI is InChI=1S/C17H19NO2S/c19-21(20)16-11-5-9-14-8-4-10-15(17(14)16)18(21)12-13-6-2-1-3-7-13/h4-5,8-11,13H,1-3,6-7,12H2. The van der Waals surface area contributed by atoms with Gasteiger partial charge in [0.1, 0.15) is 0 Å². The van der Waals surface area contributed by atoms with Crippen LogP contribution in [-0.4, -0.2) is 15.0 Å². The second kappa shape index (κ2) is 4.73. The van der Waals surface area contributed by atoms with Crippen molar-refractivity contribution in [2.24, 2.45) is 5.92 Å². The predicted octanol–water partition coefficient (Wildman–Crippen LogP) is 3.93. The van der Waals surface area contributed by atoms with Crippen LogP contribution in [0.1, 0.15) is 32.1 Å². The zero-order chi connectivity index (χ0) is 14.4. The maximum absolute atomic E-state index is 12.9. The molecule has 1 saturated carbocycles. The van der Waals surface area contributed by atoms with Crippen molar-refractivity contribution in [2.45, 2.75) is 37.0 Å². The summed E-state index contributed by atoms with van der Waals surface area (Å²) in [6.45, 7) is 0.635. The third kappa shape index (κ3) is 1.96. The Labute approximate surface area is 125 Å². The van der Waals surface area contributed by atoms with Crippen LogP contribution in [0.5, 0.6) is 0 Å². The normalized spacial score (nSPS) is 21.0. The van der Waals surface area contributed by atoms with E-state index in [1.54, 1.807) is 10.4 Å². The second-order valence-corrected chi connectivity index (χ2v) is 8.00.